The Balaban J connectivity index is 1.51. The van der Waals surface area contributed by atoms with Crippen molar-refractivity contribution in [2.75, 3.05) is 0 Å². The summed E-state index contributed by atoms with van der Waals surface area (Å²) in [5, 5.41) is 10.2. The van der Waals surface area contributed by atoms with Crippen molar-refractivity contribution in [1.29, 1.82) is 0 Å². The number of amides is 2. The highest BCUT2D eigenvalue weighted by atomic mass is 16.5. The van der Waals surface area contributed by atoms with E-state index in [2.05, 4.69) is 0 Å². The lowest BCUT2D eigenvalue weighted by atomic mass is 9.94. The fraction of sp³-hybridized carbons (Fsp3) is 0.364. The molecule has 2 atom stereocenters. The Labute approximate surface area is 163 Å². The molecular weight excluding hydrogens is 356 g/mol. The number of benzene rings is 2. The Morgan fingerprint density at radius 2 is 1.89 bits per heavy atom. The minimum absolute atomic E-state index is 0.0742. The predicted molar refractivity (Wildman–Crippen MR) is 104 cm³/mol. The van der Waals surface area contributed by atoms with Crippen molar-refractivity contribution in [2.24, 2.45) is 5.73 Å². The van der Waals surface area contributed by atoms with Gasteiger partial charge < -0.3 is 20.5 Å². The van der Waals surface area contributed by atoms with E-state index < -0.39 is 12.0 Å². The normalized spacial score (nSPS) is 21.5. The minimum Gasteiger partial charge on any atom is -0.487 e. The third-order valence-electron chi connectivity index (χ3n) is 5.53. The molecule has 0 aromatic heterocycles. The largest absolute Gasteiger partial charge is 0.487 e. The lowest BCUT2D eigenvalue weighted by Crippen LogP contribution is -2.35. The molecule has 0 spiro atoms. The number of carbonyl (C=O) groups excluding carboxylic acids is 2. The van der Waals surface area contributed by atoms with Crippen molar-refractivity contribution in [3.05, 3.63) is 64.7 Å². The van der Waals surface area contributed by atoms with Crippen molar-refractivity contribution in [2.45, 2.75) is 51.0 Å². The third kappa shape index (κ3) is 3.60. The number of aliphatic hydroxyl groups is 1. The Morgan fingerprint density at radius 1 is 1.14 bits per heavy atom. The van der Waals surface area contributed by atoms with E-state index in [-0.39, 0.29) is 12.0 Å². The predicted octanol–water partition coefficient (Wildman–Crippen LogP) is 2.62. The topological polar surface area (TPSA) is 92.9 Å². The molecule has 1 aliphatic heterocycles. The summed E-state index contributed by atoms with van der Waals surface area (Å²) in [5.74, 6) is 0.0119. The maximum Gasteiger partial charge on any atom is 0.258 e. The van der Waals surface area contributed by atoms with E-state index in [9.17, 15) is 14.7 Å². The molecule has 4 rings (SSSR count). The minimum atomic E-state index is -0.485. The summed E-state index contributed by atoms with van der Waals surface area (Å²) in [4.78, 5) is 26.0. The molecule has 0 radical (unpaired) electrons. The van der Waals surface area contributed by atoms with Crippen LogP contribution in [0.3, 0.4) is 0 Å². The highest BCUT2D eigenvalue weighted by molar-refractivity contribution is 6.01. The Hall–Kier alpha value is -2.86. The van der Waals surface area contributed by atoms with Gasteiger partial charge >= 0.3 is 0 Å². The lowest BCUT2D eigenvalue weighted by molar-refractivity contribution is 0.00636. The number of hydrogen-bond donors (Lipinski definition) is 2. The number of rotatable bonds is 5. The fourth-order valence-electron chi connectivity index (χ4n) is 3.99. The Bertz CT molecular complexity index is 894. The van der Waals surface area contributed by atoms with Crippen molar-refractivity contribution in [3.8, 4) is 5.75 Å². The molecule has 1 saturated carbocycles. The number of primary amides is 1. The molecule has 6 nitrogen and oxygen atoms in total. The summed E-state index contributed by atoms with van der Waals surface area (Å²) in [6.45, 7) is 0.953. The van der Waals surface area contributed by atoms with Crippen LogP contribution in [0.2, 0.25) is 0 Å². The number of carbonyl (C=O) groups is 2. The van der Waals surface area contributed by atoms with Crippen LogP contribution in [0.1, 0.15) is 57.5 Å². The van der Waals surface area contributed by atoms with Crippen LogP contribution < -0.4 is 10.5 Å². The average molecular weight is 380 g/mol. The van der Waals surface area contributed by atoms with Gasteiger partial charge in [0.25, 0.3) is 5.91 Å². The van der Waals surface area contributed by atoms with E-state index in [1.807, 2.05) is 30.3 Å². The second-order valence-corrected chi connectivity index (χ2v) is 7.52. The van der Waals surface area contributed by atoms with E-state index in [0.717, 1.165) is 36.8 Å². The molecule has 2 aliphatic rings. The summed E-state index contributed by atoms with van der Waals surface area (Å²) in [6.07, 6.45) is 2.83. The number of hydrogen-bond acceptors (Lipinski definition) is 4. The monoisotopic (exact) mass is 380 g/mol. The number of ether oxygens (including phenoxy) is 1. The lowest BCUT2D eigenvalue weighted by Gasteiger charge is -2.28. The highest BCUT2D eigenvalue weighted by Gasteiger charge is 2.33. The Morgan fingerprint density at radius 3 is 2.61 bits per heavy atom. The second kappa shape index (κ2) is 7.64. The molecule has 28 heavy (non-hydrogen) atoms. The first-order chi connectivity index (χ1) is 13.5. The second-order valence-electron chi connectivity index (χ2n) is 7.52. The first-order valence-corrected chi connectivity index (χ1v) is 9.67. The molecular formula is C22H24N2O4. The summed E-state index contributed by atoms with van der Waals surface area (Å²) in [6, 6.07) is 12.6. The molecule has 3 N–H and O–H groups in total. The summed E-state index contributed by atoms with van der Waals surface area (Å²) in [5.41, 5.74) is 8.17. The molecule has 1 heterocycles. The van der Waals surface area contributed by atoms with Gasteiger partial charge in [-0.2, -0.15) is 0 Å². The fourth-order valence-corrected chi connectivity index (χ4v) is 3.99. The van der Waals surface area contributed by atoms with Gasteiger partial charge in [0.05, 0.1) is 11.7 Å². The van der Waals surface area contributed by atoms with Gasteiger partial charge in [-0.25, -0.2) is 0 Å². The zero-order chi connectivity index (χ0) is 19.7. The van der Waals surface area contributed by atoms with E-state index in [1.54, 1.807) is 17.0 Å². The quantitative estimate of drug-likeness (QED) is 0.834. The molecule has 1 aliphatic carbocycles. The van der Waals surface area contributed by atoms with Crippen LogP contribution in [0.5, 0.6) is 5.75 Å². The molecule has 6 heteroatoms. The van der Waals surface area contributed by atoms with Crippen LogP contribution in [-0.2, 0) is 13.1 Å². The van der Waals surface area contributed by atoms with Gasteiger partial charge in [-0.05, 0) is 48.6 Å². The van der Waals surface area contributed by atoms with Crippen LogP contribution >= 0.6 is 0 Å². The molecule has 2 aromatic carbocycles. The molecule has 146 valence electrons. The van der Waals surface area contributed by atoms with E-state index in [0.29, 0.717) is 30.0 Å². The van der Waals surface area contributed by atoms with E-state index in [4.69, 9.17) is 10.5 Å². The average Bonchev–Trinajstić information content (AvgIpc) is 3.00. The standard InChI is InChI=1S/C22H24N2O4/c23-21(26)15-10-8-14(9-11-15)12-24-13-16-4-3-7-19(20(16)22(24)27)28-18-6-2-1-5-17(18)25/h3-4,7-11,17-18,25H,1-2,5-6,12-13H2,(H2,23,26). The zero-order valence-corrected chi connectivity index (χ0v) is 15.6. The van der Waals surface area contributed by atoms with Crippen LogP contribution in [0.25, 0.3) is 0 Å². The number of nitrogens with zero attached hydrogens (tertiary/aromatic N) is 1. The first-order valence-electron chi connectivity index (χ1n) is 9.67. The van der Waals surface area contributed by atoms with Crippen LogP contribution in [-0.4, -0.2) is 34.0 Å². The summed E-state index contributed by atoms with van der Waals surface area (Å²) < 4.78 is 6.07. The number of fused-ring (bicyclic) bond motifs is 1. The van der Waals surface area contributed by atoms with E-state index in [1.165, 1.54) is 0 Å². The maximum absolute atomic E-state index is 13.0. The number of nitrogens with two attached hydrogens (primary N) is 1. The molecule has 1 fully saturated rings. The summed E-state index contributed by atoms with van der Waals surface area (Å²) >= 11 is 0. The highest BCUT2D eigenvalue weighted by Crippen LogP contribution is 2.34. The molecule has 2 unspecified atom stereocenters. The first kappa shape index (κ1) is 18.5. The van der Waals surface area contributed by atoms with Gasteiger partial charge in [-0.3, -0.25) is 9.59 Å². The van der Waals surface area contributed by atoms with Gasteiger partial charge in [0.1, 0.15) is 11.9 Å². The SMILES string of the molecule is NC(=O)c1ccc(CN2Cc3cccc(OC4CCCCC4O)c3C2=O)cc1. The molecule has 2 aromatic rings. The smallest absolute Gasteiger partial charge is 0.258 e. The third-order valence-corrected chi connectivity index (χ3v) is 5.53. The van der Waals surface area contributed by atoms with Crippen molar-refractivity contribution < 1.29 is 19.4 Å². The van der Waals surface area contributed by atoms with Crippen molar-refractivity contribution in [3.63, 3.8) is 0 Å². The van der Waals surface area contributed by atoms with Crippen LogP contribution in [0.15, 0.2) is 42.5 Å². The summed E-state index contributed by atoms with van der Waals surface area (Å²) in [7, 11) is 0. The molecule has 0 bridgehead atoms. The van der Waals surface area contributed by atoms with Crippen molar-refractivity contribution >= 4 is 11.8 Å². The zero-order valence-electron chi connectivity index (χ0n) is 15.6. The van der Waals surface area contributed by atoms with Gasteiger partial charge in [0.2, 0.25) is 5.91 Å². The number of aliphatic hydroxyl groups excluding tert-OH is 1. The van der Waals surface area contributed by atoms with Gasteiger partial charge in [0, 0.05) is 18.7 Å². The van der Waals surface area contributed by atoms with Gasteiger partial charge in [0.15, 0.2) is 0 Å². The molecule has 2 amide bonds. The Kier molecular flexibility index (Phi) is 5.05. The van der Waals surface area contributed by atoms with Gasteiger partial charge in [-0.15, -0.1) is 0 Å². The van der Waals surface area contributed by atoms with Gasteiger partial charge in [-0.1, -0.05) is 30.7 Å². The molecule has 0 saturated heterocycles. The van der Waals surface area contributed by atoms with Crippen LogP contribution in [0, 0.1) is 0 Å². The van der Waals surface area contributed by atoms with E-state index >= 15 is 0 Å². The maximum atomic E-state index is 13.0. The van der Waals surface area contributed by atoms with Crippen LogP contribution in [0.4, 0.5) is 0 Å². The van der Waals surface area contributed by atoms with Crippen molar-refractivity contribution in [1.82, 2.24) is 4.90 Å².